The Balaban J connectivity index is 1.20. The first-order valence-corrected chi connectivity index (χ1v) is 12.7. The molecule has 3 atom stereocenters. The summed E-state index contributed by atoms with van der Waals surface area (Å²) in [5.41, 5.74) is 1.86. The van der Waals surface area contributed by atoms with Crippen molar-refractivity contribution >= 4 is 17.6 Å². The van der Waals surface area contributed by atoms with Gasteiger partial charge in [0, 0.05) is 47.6 Å². The lowest BCUT2D eigenvalue weighted by molar-refractivity contribution is 0.0923. The van der Waals surface area contributed by atoms with Crippen molar-refractivity contribution in [1.82, 2.24) is 15.6 Å². The van der Waals surface area contributed by atoms with Crippen molar-refractivity contribution in [2.75, 3.05) is 12.0 Å². The van der Waals surface area contributed by atoms with Gasteiger partial charge >= 0.3 is 0 Å². The molecule has 0 saturated carbocycles. The first-order chi connectivity index (χ1) is 18.3. The van der Waals surface area contributed by atoms with Crippen LogP contribution in [-0.2, 0) is 6.54 Å². The molecule has 198 valence electrons. The van der Waals surface area contributed by atoms with Crippen LogP contribution in [0.5, 0.6) is 5.75 Å². The van der Waals surface area contributed by atoms with Crippen molar-refractivity contribution < 1.29 is 23.1 Å². The highest BCUT2D eigenvalue weighted by molar-refractivity contribution is 5.96. The number of carbonyl (C=O) groups is 2. The summed E-state index contributed by atoms with van der Waals surface area (Å²) in [6.45, 7) is 1.76. The number of nitrogens with zero attached hydrogens (tertiary/aromatic N) is 2. The number of carbonyl (C=O) groups excluding carboxylic acids is 2. The van der Waals surface area contributed by atoms with E-state index in [2.05, 4.69) is 20.5 Å². The van der Waals surface area contributed by atoms with E-state index in [0.29, 0.717) is 16.9 Å². The molecule has 2 bridgehead atoms. The number of methoxy groups -OCH3 is 1. The first kappa shape index (κ1) is 25.6. The maximum Gasteiger partial charge on any atom is 0.253 e. The van der Waals surface area contributed by atoms with Gasteiger partial charge in [-0.3, -0.25) is 9.59 Å². The number of anilines is 1. The third kappa shape index (κ3) is 5.18. The molecule has 0 spiro atoms. The Labute approximate surface area is 220 Å². The van der Waals surface area contributed by atoms with Crippen LogP contribution in [0.4, 0.5) is 14.6 Å². The van der Waals surface area contributed by atoms with Crippen molar-refractivity contribution in [3.63, 3.8) is 0 Å². The number of aromatic nitrogens is 1. The van der Waals surface area contributed by atoms with Crippen molar-refractivity contribution in [2.24, 2.45) is 0 Å². The zero-order valence-corrected chi connectivity index (χ0v) is 21.3. The standard InChI is InChI=1S/C29H30F2N4O3/c1-17-24(4-3-5-26(17)38-2)29(37)34-21-13-22-8-9-23(14-21)35(22)27-11-6-18(15-32-27)28(36)33-16-19-12-20(30)7-10-25(19)31/h3-7,10-12,15,21-23H,8-9,13-14,16H2,1-2H3,(H,33,36)(H,34,37)/t21-,22+,23-. The fourth-order valence-corrected chi connectivity index (χ4v) is 5.64. The number of halogens is 2. The SMILES string of the molecule is COc1cccc(C(=O)N[C@H]2C[C@H]3CC[C@@H](C2)N3c2ccc(C(=O)NCc3cc(F)ccc3F)cn2)c1C. The van der Waals surface area contributed by atoms with Gasteiger partial charge in [-0.15, -0.1) is 0 Å². The van der Waals surface area contributed by atoms with Gasteiger partial charge in [0.25, 0.3) is 11.8 Å². The predicted octanol–water partition coefficient (Wildman–Crippen LogP) is 4.54. The maximum absolute atomic E-state index is 13.8. The van der Waals surface area contributed by atoms with Gasteiger partial charge < -0.3 is 20.3 Å². The number of amides is 2. The number of ether oxygens (including phenoxy) is 1. The molecule has 9 heteroatoms. The Morgan fingerprint density at radius 1 is 1.05 bits per heavy atom. The molecular formula is C29H30F2N4O3. The number of benzene rings is 2. The number of rotatable bonds is 7. The summed E-state index contributed by atoms with van der Waals surface area (Å²) in [7, 11) is 1.60. The van der Waals surface area contributed by atoms with Gasteiger partial charge in [0.15, 0.2) is 0 Å². The van der Waals surface area contributed by atoms with E-state index >= 15 is 0 Å². The number of nitrogens with one attached hydrogen (secondary N) is 2. The topological polar surface area (TPSA) is 83.6 Å². The fourth-order valence-electron chi connectivity index (χ4n) is 5.64. The van der Waals surface area contributed by atoms with Crippen LogP contribution in [0.1, 0.15) is 57.5 Å². The molecule has 2 fully saturated rings. The Hall–Kier alpha value is -4.01. The molecule has 2 N–H and O–H groups in total. The van der Waals surface area contributed by atoms with Crippen molar-refractivity contribution in [3.05, 3.63) is 88.6 Å². The molecule has 38 heavy (non-hydrogen) atoms. The van der Waals surface area contributed by atoms with Crippen LogP contribution in [0.15, 0.2) is 54.7 Å². The van der Waals surface area contributed by atoms with Crippen molar-refractivity contribution in [1.29, 1.82) is 0 Å². The zero-order valence-electron chi connectivity index (χ0n) is 21.3. The van der Waals surface area contributed by atoms with Crippen LogP contribution in [0.3, 0.4) is 0 Å². The third-order valence-electron chi connectivity index (χ3n) is 7.54. The summed E-state index contributed by atoms with van der Waals surface area (Å²) in [6, 6.07) is 12.7. The molecule has 3 heterocycles. The quantitative estimate of drug-likeness (QED) is 0.478. The van der Waals surface area contributed by atoms with Crippen molar-refractivity contribution in [2.45, 2.75) is 57.3 Å². The normalized spacial score (nSPS) is 20.2. The van der Waals surface area contributed by atoms with Gasteiger partial charge in [0.2, 0.25) is 0 Å². The van der Waals surface area contributed by atoms with E-state index in [1.807, 2.05) is 31.2 Å². The highest BCUT2D eigenvalue weighted by atomic mass is 19.1. The third-order valence-corrected chi connectivity index (χ3v) is 7.54. The highest BCUT2D eigenvalue weighted by Crippen LogP contribution is 2.38. The Morgan fingerprint density at radius 3 is 2.50 bits per heavy atom. The van der Waals surface area contributed by atoms with E-state index in [0.717, 1.165) is 55.3 Å². The summed E-state index contributed by atoms with van der Waals surface area (Å²) >= 11 is 0. The zero-order chi connectivity index (χ0) is 26.8. The maximum atomic E-state index is 13.8. The van der Waals surface area contributed by atoms with E-state index in [9.17, 15) is 18.4 Å². The van der Waals surface area contributed by atoms with E-state index in [1.165, 1.54) is 6.20 Å². The molecule has 7 nitrogen and oxygen atoms in total. The van der Waals surface area contributed by atoms with Gasteiger partial charge in [-0.1, -0.05) is 6.07 Å². The van der Waals surface area contributed by atoms with E-state index in [4.69, 9.17) is 4.74 Å². The van der Waals surface area contributed by atoms with Gasteiger partial charge in [0.05, 0.1) is 12.7 Å². The van der Waals surface area contributed by atoms with Crippen LogP contribution in [-0.4, -0.2) is 42.0 Å². The largest absolute Gasteiger partial charge is 0.496 e. The minimum absolute atomic E-state index is 0.0649. The van der Waals surface area contributed by atoms with Gasteiger partial charge in [-0.2, -0.15) is 0 Å². The average Bonchev–Trinajstić information content (AvgIpc) is 3.19. The van der Waals surface area contributed by atoms with Crippen LogP contribution in [0, 0.1) is 18.6 Å². The second-order valence-electron chi connectivity index (χ2n) is 9.89. The summed E-state index contributed by atoms with van der Waals surface area (Å²) < 4.78 is 32.6. The minimum atomic E-state index is -0.575. The lowest BCUT2D eigenvalue weighted by Crippen LogP contribution is -2.50. The molecule has 0 unspecified atom stereocenters. The smallest absolute Gasteiger partial charge is 0.253 e. The Kier molecular flexibility index (Phi) is 7.26. The van der Waals surface area contributed by atoms with Gasteiger partial charge in [-0.25, -0.2) is 13.8 Å². The van der Waals surface area contributed by atoms with Crippen LogP contribution in [0.2, 0.25) is 0 Å². The molecule has 3 aromatic rings. The average molecular weight is 521 g/mol. The Bertz CT molecular complexity index is 1330. The molecule has 2 aliphatic heterocycles. The molecule has 0 aliphatic carbocycles. The summed E-state index contributed by atoms with van der Waals surface area (Å²) in [6.07, 6.45) is 5.16. The molecule has 2 aliphatic rings. The number of fused-ring (bicyclic) bond motifs is 2. The summed E-state index contributed by atoms with van der Waals surface area (Å²) in [5, 5.41) is 5.83. The lowest BCUT2D eigenvalue weighted by Gasteiger charge is -2.40. The van der Waals surface area contributed by atoms with Crippen LogP contribution < -0.4 is 20.3 Å². The second kappa shape index (κ2) is 10.8. The van der Waals surface area contributed by atoms with E-state index < -0.39 is 17.5 Å². The van der Waals surface area contributed by atoms with Gasteiger partial charge in [0.1, 0.15) is 23.2 Å². The monoisotopic (exact) mass is 520 g/mol. The number of pyridine rings is 1. The minimum Gasteiger partial charge on any atom is -0.496 e. The lowest BCUT2D eigenvalue weighted by atomic mass is 9.96. The van der Waals surface area contributed by atoms with Crippen LogP contribution in [0.25, 0.3) is 0 Å². The highest BCUT2D eigenvalue weighted by Gasteiger charge is 2.42. The number of hydrogen-bond donors (Lipinski definition) is 2. The molecule has 0 radical (unpaired) electrons. The number of hydrogen-bond acceptors (Lipinski definition) is 5. The first-order valence-electron chi connectivity index (χ1n) is 12.7. The second-order valence-corrected chi connectivity index (χ2v) is 9.89. The van der Waals surface area contributed by atoms with E-state index in [-0.39, 0.29) is 36.1 Å². The molecule has 2 aromatic carbocycles. The molecular weight excluding hydrogens is 490 g/mol. The van der Waals surface area contributed by atoms with E-state index in [1.54, 1.807) is 13.2 Å². The molecule has 2 saturated heterocycles. The van der Waals surface area contributed by atoms with Gasteiger partial charge in [-0.05, 0) is 75.1 Å². The molecule has 5 rings (SSSR count). The molecule has 2 amide bonds. The summed E-state index contributed by atoms with van der Waals surface area (Å²) in [4.78, 5) is 32.4. The Morgan fingerprint density at radius 2 is 1.82 bits per heavy atom. The fraction of sp³-hybridized carbons (Fsp3) is 0.345. The summed E-state index contributed by atoms with van der Waals surface area (Å²) in [5.74, 6) is -0.157. The van der Waals surface area contributed by atoms with Crippen LogP contribution >= 0.6 is 0 Å². The van der Waals surface area contributed by atoms with Crippen molar-refractivity contribution in [3.8, 4) is 5.75 Å². The number of piperidine rings is 1. The predicted molar refractivity (Wildman–Crippen MR) is 139 cm³/mol. The molecule has 1 aromatic heterocycles.